The zero-order chi connectivity index (χ0) is 8.81. The van der Waals surface area contributed by atoms with Gasteiger partial charge < -0.3 is 5.32 Å². The summed E-state index contributed by atoms with van der Waals surface area (Å²) in [7, 11) is 0. The summed E-state index contributed by atoms with van der Waals surface area (Å²) in [5.41, 5.74) is 2.61. The quantitative estimate of drug-likeness (QED) is 0.640. The smallest absolute Gasteiger partial charge is 0.684 e. The minimum Gasteiger partial charge on any atom is -0.684 e. The van der Waals surface area contributed by atoms with Gasteiger partial charge in [-0.25, -0.2) is 0 Å². The molecular weight excluding hydrogens is 232 g/mol. The molecule has 66 valence electrons. The van der Waals surface area contributed by atoms with Gasteiger partial charge in [-0.15, -0.1) is 12.2 Å². The Hall–Kier alpha value is 0.825. The third-order valence-electron chi connectivity index (χ3n) is 1.88. The van der Waals surface area contributed by atoms with Crippen molar-refractivity contribution in [3.63, 3.8) is 0 Å². The zero-order valence-electron chi connectivity index (χ0n) is 8.88. The molecular formula is C11H16NRb. The van der Waals surface area contributed by atoms with E-state index in [9.17, 15) is 0 Å². The maximum absolute atomic E-state index is 4.39. The Morgan fingerprint density at radius 2 is 1.85 bits per heavy atom. The van der Waals surface area contributed by atoms with Crippen molar-refractivity contribution in [3.8, 4) is 0 Å². The van der Waals surface area contributed by atoms with Crippen molar-refractivity contribution in [2.75, 3.05) is 6.54 Å². The monoisotopic (exact) mass is 247 g/mol. The van der Waals surface area contributed by atoms with Crippen molar-refractivity contribution < 1.29 is 58.2 Å². The molecule has 1 heterocycles. The summed E-state index contributed by atoms with van der Waals surface area (Å²) in [6, 6.07) is 8.39. The molecule has 2 rings (SSSR count). The summed E-state index contributed by atoms with van der Waals surface area (Å²) in [4.78, 5) is 0. The Morgan fingerprint density at radius 1 is 1.15 bits per heavy atom. The number of hydrogen-bond donors (Lipinski definition) is 0. The van der Waals surface area contributed by atoms with Crippen LogP contribution in [-0.4, -0.2) is 6.54 Å². The number of hydrogen-bond acceptors (Lipinski definition) is 0. The first-order chi connectivity index (χ1) is 5.97. The Morgan fingerprint density at radius 3 is 2.54 bits per heavy atom. The van der Waals surface area contributed by atoms with Crippen molar-refractivity contribution >= 4 is 5.69 Å². The first-order valence-electron chi connectivity index (χ1n) is 4.72. The van der Waals surface area contributed by atoms with Gasteiger partial charge in [-0.05, 0) is 6.42 Å². The van der Waals surface area contributed by atoms with Gasteiger partial charge in [0.05, 0.1) is 0 Å². The van der Waals surface area contributed by atoms with E-state index < -0.39 is 0 Å². The molecule has 0 saturated carbocycles. The average molecular weight is 248 g/mol. The van der Waals surface area contributed by atoms with E-state index in [0.717, 1.165) is 6.54 Å². The molecule has 0 fully saturated rings. The molecule has 0 bridgehead atoms. The molecule has 0 amide bonds. The van der Waals surface area contributed by atoms with Gasteiger partial charge in [0, 0.05) is 0 Å². The molecule has 0 aliphatic carbocycles. The van der Waals surface area contributed by atoms with E-state index in [-0.39, 0.29) is 58.2 Å². The number of benzene rings is 1. The van der Waals surface area contributed by atoms with Crippen LogP contribution < -0.4 is 58.2 Å². The fourth-order valence-corrected chi connectivity index (χ4v) is 1.35. The number of rotatable bonds is 0. The van der Waals surface area contributed by atoms with Gasteiger partial charge in [-0.1, -0.05) is 50.1 Å². The number of fused-ring (bicyclic) bond motifs is 1. The molecule has 1 aromatic carbocycles. The van der Waals surface area contributed by atoms with E-state index in [1.165, 1.54) is 24.1 Å². The van der Waals surface area contributed by atoms with Gasteiger partial charge in [0.25, 0.3) is 0 Å². The molecule has 1 nitrogen and oxygen atoms in total. The fourth-order valence-electron chi connectivity index (χ4n) is 1.35. The van der Waals surface area contributed by atoms with Crippen LogP contribution in [0.3, 0.4) is 0 Å². The molecule has 1 aliphatic heterocycles. The average Bonchev–Trinajstić information content (AvgIpc) is 2.21. The van der Waals surface area contributed by atoms with E-state index in [0.29, 0.717) is 0 Å². The van der Waals surface area contributed by atoms with Crippen molar-refractivity contribution in [1.82, 2.24) is 0 Å². The summed E-state index contributed by atoms with van der Waals surface area (Å²) in [6.07, 6.45) is 2.43. The molecule has 0 spiro atoms. The maximum atomic E-state index is 4.39. The summed E-state index contributed by atoms with van der Waals surface area (Å²) in [5, 5.41) is 4.39. The van der Waals surface area contributed by atoms with Crippen molar-refractivity contribution in [3.05, 3.63) is 35.1 Å². The predicted octanol–water partition coefficient (Wildman–Crippen LogP) is 0.668. The SMILES string of the molecule is CC.[Rb+].c1ccc2c(c1)CCC[N-]2. The first kappa shape index (κ1) is 13.8. The topological polar surface area (TPSA) is 14.1 Å². The zero-order valence-corrected chi connectivity index (χ0v) is 13.8. The van der Waals surface area contributed by atoms with Crippen LogP contribution in [0, 0.1) is 0 Å². The van der Waals surface area contributed by atoms with E-state index >= 15 is 0 Å². The second kappa shape index (κ2) is 8.16. The maximum Gasteiger partial charge on any atom is 1.00 e. The van der Waals surface area contributed by atoms with Gasteiger partial charge in [-0.3, -0.25) is 0 Å². The van der Waals surface area contributed by atoms with Crippen molar-refractivity contribution in [2.45, 2.75) is 26.7 Å². The van der Waals surface area contributed by atoms with E-state index in [4.69, 9.17) is 0 Å². The number of nitrogens with zero attached hydrogens (tertiary/aromatic N) is 1. The van der Waals surface area contributed by atoms with Gasteiger partial charge in [0.1, 0.15) is 0 Å². The van der Waals surface area contributed by atoms with Crippen LogP contribution in [-0.2, 0) is 6.42 Å². The van der Waals surface area contributed by atoms with Gasteiger partial charge in [0.15, 0.2) is 0 Å². The minimum atomic E-state index is 0. The largest absolute Gasteiger partial charge is 1.00 e. The third kappa shape index (κ3) is 4.24. The van der Waals surface area contributed by atoms with Crippen LogP contribution >= 0.6 is 0 Å². The van der Waals surface area contributed by atoms with Crippen molar-refractivity contribution in [1.29, 1.82) is 0 Å². The second-order valence-corrected chi connectivity index (χ2v) is 2.61. The third-order valence-corrected chi connectivity index (χ3v) is 1.88. The molecule has 2 heteroatoms. The summed E-state index contributed by atoms with van der Waals surface area (Å²) >= 11 is 0. The molecule has 0 radical (unpaired) electrons. The Labute approximate surface area is 130 Å². The molecule has 1 aliphatic rings. The molecule has 0 saturated heterocycles. The van der Waals surface area contributed by atoms with Crippen LogP contribution in [0.5, 0.6) is 0 Å². The Kier molecular flexibility index (Phi) is 8.68. The molecule has 0 atom stereocenters. The summed E-state index contributed by atoms with van der Waals surface area (Å²) in [6.45, 7) is 5.01. The summed E-state index contributed by atoms with van der Waals surface area (Å²) < 4.78 is 0. The first-order valence-corrected chi connectivity index (χ1v) is 4.72. The predicted molar refractivity (Wildman–Crippen MR) is 54.0 cm³/mol. The van der Waals surface area contributed by atoms with Crippen LogP contribution in [0.4, 0.5) is 5.69 Å². The summed E-state index contributed by atoms with van der Waals surface area (Å²) in [5.74, 6) is 0. The Balaban J connectivity index is 0.000000451. The van der Waals surface area contributed by atoms with Gasteiger partial charge >= 0.3 is 58.2 Å². The van der Waals surface area contributed by atoms with Gasteiger partial charge in [0.2, 0.25) is 0 Å². The molecule has 0 N–H and O–H groups in total. The van der Waals surface area contributed by atoms with Crippen molar-refractivity contribution in [2.24, 2.45) is 0 Å². The fraction of sp³-hybridized carbons (Fsp3) is 0.455. The van der Waals surface area contributed by atoms with Gasteiger partial charge in [-0.2, -0.15) is 0 Å². The number of aryl methyl sites for hydroxylation is 1. The second-order valence-electron chi connectivity index (χ2n) is 2.61. The molecule has 0 aromatic heterocycles. The molecule has 1 aromatic rings. The van der Waals surface area contributed by atoms with E-state index in [1.807, 2.05) is 19.9 Å². The normalized spacial score (nSPS) is 12.5. The van der Waals surface area contributed by atoms with Crippen LogP contribution in [0.1, 0.15) is 25.8 Å². The van der Waals surface area contributed by atoms with E-state index in [1.54, 1.807) is 0 Å². The molecule has 13 heavy (non-hydrogen) atoms. The molecule has 0 unspecified atom stereocenters. The van der Waals surface area contributed by atoms with Crippen LogP contribution in [0.25, 0.3) is 5.32 Å². The van der Waals surface area contributed by atoms with Crippen LogP contribution in [0.15, 0.2) is 24.3 Å². The van der Waals surface area contributed by atoms with Crippen LogP contribution in [0.2, 0.25) is 0 Å². The minimum absolute atomic E-state index is 0. The Bertz CT molecular complexity index is 210. The van der Waals surface area contributed by atoms with E-state index in [2.05, 4.69) is 23.5 Å². The standard InChI is InChI=1S/C9H10N.C2H6.Rb/c1-2-6-9-8(4-1)5-3-7-10-9;1-2;/h1-2,4,6H,3,5,7H2;1-2H3;/q-1;;+1. The number of para-hydroxylation sites is 1.